The Morgan fingerprint density at radius 3 is 1.07 bits per heavy atom. The zero-order chi connectivity index (χ0) is 55.5. The topological polar surface area (TPSA) is 155 Å². The number of hydrogen-bond acceptors (Lipinski definition) is 10. The fourth-order valence-electron chi connectivity index (χ4n) is 8.70. The normalized spacial score (nSPS) is 13.7. The minimum Gasteiger partial charge on any atom is -0.462 e. The summed E-state index contributed by atoms with van der Waals surface area (Å²) in [6.07, 6.45) is 64.5. The van der Waals surface area contributed by atoms with E-state index in [4.69, 9.17) is 23.3 Å². The number of esters is 3. The standard InChI is InChI=1S/C64H115O11P/c1-4-7-10-13-16-19-22-25-27-29-30-32-34-37-40-43-46-49-52-55-64(68)75-61(57-71-62(66)53-50-47-44-41-38-36-33-31-28-26-23-20-17-14-11-8-5-2)59-73-76(69,70)72-58-60(56-65)74-63(67)54-51-48-45-42-39-35-24-21-18-15-12-9-6-3/h7,10,16,19,25-28,30,32,60-61,65H,4-6,8-9,11-15,17-18,20-24,29,31,33-59H2,1-3H3,(H,69,70)/b10-7-,19-16-,27-25-,28-26-,32-30-. The van der Waals surface area contributed by atoms with E-state index >= 15 is 0 Å². The molecular formula is C64H115O11P. The molecule has 0 heterocycles. The third-order valence-corrected chi connectivity index (χ3v) is 14.4. The molecule has 0 aliphatic carbocycles. The summed E-state index contributed by atoms with van der Waals surface area (Å²) >= 11 is 0. The van der Waals surface area contributed by atoms with Crippen LogP contribution in [0.5, 0.6) is 0 Å². The second kappa shape index (κ2) is 58.3. The van der Waals surface area contributed by atoms with E-state index in [0.717, 1.165) is 109 Å². The predicted molar refractivity (Wildman–Crippen MR) is 316 cm³/mol. The fourth-order valence-corrected chi connectivity index (χ4v) is 9.48. The van der Waals surface area contributed by atoms with Crippen molar-refractivity contribution in [1.29, 1.82) is 0 Å². The Balaban J connectivity index is 4.73. The van der Waals surface area contributed by atoms with Crippen LogP contribution < -0.4 is 0 Å². The number of ether oxygens (including phenoxy) is 3. The Bertz CT molecular complexity index is 1510. The first-order valence-electron chi connectivity index (χ1n) is 31.2. The Morgan fingerprint density at radius 1 is 0.382 bits per heavy atom. The van der Waals surface area contributed by atoms with E-state index in [1.54, 1.807) is 0 Å². The average molecular weight is 1090 g/mol. The second-order valence-electron chi connectivity index (χ2n) is 20.8. The van der Waals surface area contributed by atoms with Crippen LogP contribution in [0.15, 0.2) is 60.8 Å². The smallest absolute Gasteiger partial charge is 0.462 e. The van der Waals surface area contributed by atoms with Crippen LogP contribution >= 0.6 is 7.82 Å². The van der Waals surface area contributed by atoms with Crippen molar-refractivity contribution in [3.05, 3.63) is 60.8 Å². The molecular weight excluding hydrogens is 976 g/mol. The number of phosphoric ester groups is 1. The molecule has 0 amide bonds. The lowest BCUT2D eigenvalue weighted by molar-refractivity contribution is -0.161. The van der Waals surface area contributed by atoms with Gasteiger partial charge in [0, 0.05) is 19.3 Å². The molecule has 0 saturated carbocycles. The number of aliphatic hydroxyl groups is 1. The maximum Gasteiger partial charge on any atom is 0.472 e. The number of unbranched alkanes of at least 4 members (excludes halogenated alkanes) is 31. The van der Waals surface area contributed by atoms with E-state index in [0.29, 0.717) is 19.3 Å². The molecule has 3 atom stereocenters. The molecule has 11 nitrogen and oxygen atoms in total. The molecule has 0 aromatic rings. The largest absolute Gasteiger partial charge is 0.472 e. The Labute approximate surface area is 465 Å². The molecule has 0 saturated heterocycles. The summed E-state index contributed by atoms with van der Waals surface area (Å²) in [6.45, 7) is 4.55. The van der Waals surface area contributed by atoms with Gasteiger partial charge in [-0.05, 0) is 83.5 Å². The van der Waals surface area contributed by atoms with Crippen LogP contribution in [-0.2, 0) is 42.2 Å². The summed E-state index contributed by atoms with van der Waals surface area (Å²) in [5.41, 5.74) is 0. The highest BCUT2D eigenvalue weighted by atomic mass is 31.2. The number of allylic oxidation sites excluding steroid dienone is 10. The summed E-state index contributed by atoms with van der Waals surface area (Å²) in [6, 6.07) is 0. The van der Waals surface area contributed by atoms with Crippen LogP contribution in [-0.4, -0.2) is 66.5 Å². The van der Waals surface area contributed by atoms with Gasteiger partial charge >= 0.3 is 25.7 Å². The second-order valence-corrected chi connectivity index (χ2v) is 22.3. The Kier molecular flexibility index (Phi) is 56.2. The van der Waals surface area contributed by atoms with Crippen molar-refractivity contribution in [3.8, 4) is 0 Å². The lowest BCUT2D eigenvalue weighted by Gasteiger charge is -2.21. The Hall–Kier alpha value is -2.82. The van der Waals surface area contributed by atoms with Gasteiger partial charge in [0.1, 0.15) is 12.7 Å². The number of carbonyl (C=O) groups is 3. The monoisotopic (exact) mass is 1090 g/mol. The molecule has 442 valence electrons. The quantitative estimate of drug-likeness (QED) is 0.0197. The zero-order valence-corrected chi connectivity index (χ0v) is 49.9. The highest BCUT2D eigenvalue weighted by Gasteiger charge is 2.28. The highest BCUT2D eigenvalue weighted by molar-refractivity contribution is 7.47. The first kappa shape index (κ1) is 73.2. The van der Waals surface area contributed by atoms with Gasteiger partial charge in [-0.3, -0.25) is 23.4 Å². The first-order chi connectivity index (χ1) is 37.2. The summed E-state index contributed by atoms with van der Waals surface area (Å²) in [5.74, 6) is -1.47. The molecule has 0 aromatic carbocycles. The molecule has 3 unspecified atom stereocenters. The van der Waals surface area contributed by atoms with Crippen LogP contribution in [0.25, 0.3) is 0 Å². The van der Waals surface area contributed by atoms with Crippen LogP contribution in [0.4, 0.5) is 0 Å². The molecule has 0 aliphatic rings. The molecule has 0 aliphatic heterocycles. The van der Waals surface area contributed by atoms with Gasteiger partial charge in [0.25, 0.3) is 0 Å². The summed E-state index contributed by atoms with van der Waals surface area (Å²) in [5, 5.41) is 9.83. The molecule has 0 aromatic heterocycles. The van der Waals surface area contributed by atoms with Crippen LogP contribution in [0.2, 0.25) is 0 Å². The van der Waals surface area contributed by atoms with Gasteiger partial charge in [-0.1, -0.05) is 248 Å². The van der Waals surface area contributed by atoms with Crippen LogP contribution in [0, 0.1) is 0 Å². The highest BCUT2D eigenvalue weighted by Crippen LogP contribution is 2.43. The molecule has 0 fully saturated rings. The van der Waals surface area contributed by atoms with Gasteiger partial charge in [0.15, 0.2) is 6.10 Å². The minimum atomic E-state index is -4.75. The van der Waals surface area contributed by atoms with Crippen molar-refractivity contribution in [2.24, 2.45) is 0 Å². The number of aliphatic hydroxyl groups excluding tert-OH is 1. The van der Waals surface area contributed by atoms with Crippen LogP contribution in [0.3, 0.4) is 0 Å². The maximum absolute atomic E-state index is 12.9. The lowest BCUT2D eigenvalue weighted by atomic mass is 10.0. The maximum atomic E-state index is 12.9. The lowest BCUT2D eigenvalue weighted by Crippen LogP contribution is -2.30. The molecule has 76 heavy (non-hydrogen) atoms. The van der Waals surface area contributed by atoms with E-state index in [1.165, 1.54) is 122 Å². The van der Waals surface area contributed by atoms with Gasteiger partial charge in [-0.25, -0.2) is 4.57 Å². The number of phosphoric acid groups is 1. The fraction of sp³-hybridized carbons (Fsp3) is 0.797. The van der Waals surface area contributed by atoms with E-state index in [9.17, 15) is 28.9 Å². The van der Waals surface area contributed by atoms with Crippen molar-refractivity contribution < 1.29 is 52.2 Å². The van der Waals surface area contributed by atoms with Gasteiger partial charge < -0.3 is 24.2 Å². The summed E-state index contributed by atoms with van der Waals surface area (Å²) < 4.78 is 39.6. The third kappa shape index (κ3) is 55.9. The summed E-state index contributed by atoms with van der Waals surface area (Å²) in [7, 11) is -4.75. The minimum absolute atomic E-state index is 0.151. The van der Waals surface area contributed by atoms with Crippen LogP contribution in [0.1, 0.15) is 290 Å². The van der Waals surface area contributed by atoms with Gasteiger partial charge in [-0.15, -0.1) is 0 Å². The Morgan fingerprint density at radius 2 is 0.684 bits per heavy atom. The number of rotatable bonds is 58. The molecule has 0 bridgehead atoms. The van der Waals surface area contributed by atoms with Crippen molar-refractivity contribution in [3.63, 3.8) is 0 Å². The molecule has 0 radical (unpaired) electrons. The first-order valence-corrected chi connectivity index (χ1v) is 32.7. The zero-order valence-electron chi connectivity index (χ0n) is 49.0. The van der Waals surface area contributed by atoms with E-state index in [-0.39, 0.29) is 25.9 Å². The molecule has 2 N–H and O–H groups in total. The van der Waals surface area contributed by atoms with Crippen molar-refractivity contribution in [2.75, 3.05) is 26.4 Å². The predicted octanol–water partition coefficient (Wildman–Crippen LogP) is 18.7. The number of hydrogen-bond donors (Lipinski definition) is 2. The van der Waals surface area contributed by atoms with E-state index < -0.39 is 57.8 Å². The molecule has 12 heteroatoms. The molecule has 0 rings (SSSR count). The van der Waals surface area contributed by atoms with Crippen molar-refractivity contribution in [2.45, 2.75) is 303 Å². The van der Waals surface area contributed by atoms with Crippen molar-refractivity contribution >= 4 is 25.7 Å². The van der Waals surface area contributed by atoms with E-state index in [1.807, 2.05) is 0 Å². The van der Waals surface area contributed by atoms with Gasteiger partial charge in [-0.2, -0.15) is 0 Å². The SMILES string of the molecule is CC/C=C\C/C=C\C/C=C\C/C=C\CCCCCCCCC(=O)OC(COC(=O)CCCCCCCCC/C=C\CCCCCCCC)COP(=O)(O)OCC(CO)OC(=O)CCCCCCCCCCCCCCC. The number of carbonyl (C=O) groups excluding carboxylic acids is 3. The van der Waals surface area contributed by atoms with Gasteiger partial charge in [0.2, 0.25) is 0 Å². The third-order valence-electron chi connectivity index (χ3n) is 13.4. The molecule has 0 spiro atoms. The average Bonchev–Trinajstić information content (AvgIpc) is 3.41. The van der Waals surface area contributed by atoms with Gasteiger partial charge in [0.05, 0.1) is 19.8 Å². The van der Waals surface area contributed by atoms with E-state index in [2.05, 4.69) is 81.5 Å². The van der Waals surface area contributed by atoms with Crippen molar-refractivity contribution in [1.82, 2.24) is 0 Å². The summed E-state index contributed by atoms with van der Waals surface area (Å²) in [4.78, 5) is 48.7.